The standard InChI is InChI=1S/C15H31N5O3/c1-14(2,3)17(7)13(21)19-10-9-12(11-19)23-16-20(22)18(8)15(4,5)6/h12H,9-11H2,1-8H3/b20-16-/t12-/m1/s1. The minimum absolute atomic E-state index is 0.0330. The summed E-state index contributed by atoms with van der Waals surface area (Å²) < 4.78 is 0. The van der Waals surface area contributed by atoms with Gasteiger partial charge in [-0.15, -0.1) is 5.01 Å². The van der Waals surface area contributed by atoms with Crippen LogP contribution in [0.1, 0.15) is 48.0 Å². The molecule has 8 heteroatoms. The Morgan fingerprint density at radius 2 is 1.78 bits per heavy atom. The summed E-state index contributed by atoms with van der Waals surface area (Å²) in [6.45, 7) is 12.7. The fourth-order valence-electron chi connectivity index (χ4n) is 1.91. The van der Waals surface area contributed by atoms with E-state index in [9.17, 15) is 10.0 Å². The molecule has 0 bridgehead atoms. The molecule has 0 aromatic heterocycles. The Morgan fingerprint density at radius 3 is 2.26 bits per heavy atom. The maximum Gasteiger partial charge on any atom is 0.320 e. The summed E-state index contributed by atoms with van der Waals surface area (Å²) in [5.41, 5.74) is -0.580. The highest BCUT2D eigenvalue weighted by Crippen LogP contribution is 2.19. The number of carbonyl (C=O) groups is 1. The summed E-state index contributed by atoms with van der Waals surface area (Å²) in [6, 6.07) is -0.0330. The average molecular weight is 329 g/mol. The molecule has 0 spiro atoms. The zero-order chi connectivity index (χ0) is 18.0. The van der Waals surface area contributed by atoms with Crippen LogP contribution in [0.4, 0.5) is 4.79 Å². The van der Waals surface area contributed by atoms with Crippen LogP contribution in [0.25, 0.3) is 0 Å². The van der Waals surface area contributed by atoms with Crippen LogP contribution in [0, 0.1) is 5.21 Å². The summed E-state index contributed by atoms with van der Waals surface area (Å²) in [7, 11) is 3.45. The molecule has 2 amide bonds. The highest BCUT2D eigenvalue weighted by atomic mass is 16.7. The lowest BCUT2D eigenvalue weighted by Gasteiger charge is -2.35. The molecule has 0 aromatic carbocycles. The Balaban J connectivity index is 2.57. The van der Waals surface area contributed by atoms with Crippen molar-refractivity contribution in [3.63, 3.8) is 0 Å². The molecule has 1 aliphatic rings. The Morgan fingerprint density at radius 1 is 1.22 bits per heavy atom. The van der Waals surface area contributed by atoms with E-state index in [1.54, 1.807) is 23.9 Å². The van der Waals surface area contributed by atoms with Gasteiger partial charge in [-0.25, -0.2) is 4.79 Å². The zero-order valence-corrected chi connectivity index (χ0v) is 15.7. The third-order valence-electron chi connectivity index (χ3n) is 4.20. The quantitative estimate of drug-likeness (QED) is 0.453. The number of likely N-dealkylation sites (tertiary alicyclic amines) is 1. The average Bonchev–Trinajstić information content (AvgIpc) is 2.89. The second-order valence-corrected chi connectivity index (χ2v) is 8.00. The second-order valence-electron chi connectivity index (χ2n) is 8.00. The Hall–Kier alpha value is -1.73. The molecular formula is C15H31N5O3. The van der Waals surface area contributed by atoms with Crippen LogP contribution in [-0.2, 0) is 4.84 Å². The predicted octanol–water partition coefficient (Wildman–Crippen LogP) is 2.45. The Bertz CT molecular complexity index is 453. The van der Waals surface area contributed by atoms with Crippen LogP contribution in [0.5, 0.6) is 0 Å². The van der Waals surface area contributed by atoms with Crippen molar-refractivity contribution in [3.05, 3.63) is 5.21 Å². The summed E-state index contributed by atoms with van der Waals surface area (Å²) in [5.74, 6) is 0. The molecule has 0 N–H and O–H groups in total. The first-order chi connectivity index (χ1) is 10.3. The minimum Gasteiger partial charge on any atom is -0.569 e. The van der Waals surface area contributed by atoms with Crippen molar-refractivity contribution >= 4 is 6.03 Å². The smallest absolute Gasteiger partial charge is 0.320 e. The molecule has 8 nitrogen and oxygen atoms in total. The van der Waals surface area contributed by atoms with Gasteiger partial charge in [-0.2, -0.15) is 0 Å². The molecule has 1 rings (SSSR count). The van der Waals surface area contributed by atoms with Crippen LogP contribution < -0.4 is 0 Å². The molecule has 1 fully saturated rings. The largest absolute Gasteiger partial charge is 0.569 e. The van der Waals surface area contributed by atoms with Crippen molar-refractivity contribution in [2.75, 3.05) is 27.2 Å². The van der Waals surface area contributed by atoms with Crippen LogP contribution in [0.3, 0.4) is 0 Å². The molecule has 1 atom stereocenters. The van der Waals surface area contributed by atoms with E-state index in [2.05, 4.69) is 5.28 Å². The lowest BCUT2D eigenvalue weighted by Crippen LogP contribution is -2.49. The SMILES string of the molecule is CN(C(=O)N1CC[C@@H](O/N=[N+](\[O-])N(C)C(C)(C)C)C1)C(C)(C)C. The molecule has 0 aliphatic carbocycles. The van der Waals surface area contributed by atoms with Gasteiger partial charge < -0.3 is 19.8 Å². The van der Waals surface area contributed by atoms with Crippen LogP contribution in [0.2, 0.25) is 0 Å². The number of hydrogen-bond donors (Lipinski definition) is 0. The van der Waals surface area contributed by atoms with E-state index in [0.29, 0.717) is 24.5 Å². The second kappa shape index (κ2) is 6.80. The van der Waals surface area contributed by atoms with Crippen molar-refractivity contribution in [2.45, 2.75) is 65.1 Å². The summed E-state index contributed by atoms with van der Waals surface area (Å²) >= 11 is 0. The fraction of sp³-hybridized carbons (Fsp3) is 0.933. The van der Waals surface area contributed by atoms with Crippen LogP contribution in [0.15, 0.2) is 5.28 Å². The van der Waals surface area contributed by atoms with E-state index in [0.717, 1.165) is 0 Å². The topological polar surface area (TPSA) is 74.4 Å². The van der Waals surface area contributed by atoms with Gasteiger partial charge in [0.15, 0.2) is 6.10 Å². The predicted molar refractivity (Wildman–Crippen MR) is 87.5 cm³/mol. The number of urea groups is 1. The molecule has 23 heavy (non-hydrogen) atoms. The van der Waals surface area contributed by atoms with Gasteiger partial charge >= 0.3 is 6.03 Å². The highest BCUT2D eigenvalue weighted by Gasteiger charge is 2.33. The Kier molecular flexibility index (Phi) is 5.71. The number of hydrogen-bond acceptors (Lipinski definition) is 4. The van der Waals surface area contributed by atoms with Crippen molar-refractivity contribution in [2.24, 2.45) is 5.28 Å². The number of hydrazine groups is 1. The molecule has 1 aliphatic heterocycles. The normalized spacial score (nSPS) is 19.7. The van der Waals surface area contributed by atoms with Gasteiger partial charge in [-0.1, -0.05) is 0 Å². The summed E-state index contributed by atoms with van der Waals surface area (Å²) in [5, 5.41) is 16.9. The molecule has 0 aromatic rings. The van der Waals surface area contributed by atoms with Gasteiger partial charge in [0.1, 0.15) is 0 Å². The van der Waals surface area contributed by atoms with Crippen LogP contribution >= 0.6 is 0 Å². The molecule has 1 saturated heterocycles. The maximum atomic E-state index is 12.4. The first-order valence-corrected chi connectivity index (χ1v) is 7.94. The van der Waals surface area contributed by atoms with E-state index in [1.807, 2.05) is 41.5 Å². The third-order valence-corrected chi connectivity index (χ3v) is 4.20. The van der Waals surface area contributed by atoms with E-state index in [1.165, 1.54) is 5.01 Å². The summed E-state index contributed by atoms with van der Waals surface area (Å²) in [6.07, 6.45) is 0.414. The van der Waals surface area contributed by atoms with E-state index in [4.69, 9.17) is 4.84 Å². The lowest BCUT2D eigenvalue weighted by atomic mass is 10.1. The molecule has 0 unspecified atom stereocenters. The fourth-order valence-corrected chi connectivity index (χ4v) is 1.91. The van der Waals surface area contributed by atoms with E-state index in [-0.39, 0.29) is 23.2 Å². The van der Waals surface area contributed by atoms with E-state index < -0.39 is 0 Å². The molecule has 0 saturated carbocycles. The van der Waals surface area contributed by atoms with Crippen molar-refractivity contribution in [3.8, 4) is 0 Å². The van der Waals surface area contributed by atoms with E-state index >= 15 is 0 Å². The van der Waals surface area contributed by atoms with Crippen molar-refractivity contribution < 1.29 is 14.6 Å². The molecule has 0 radical (unpaired) electrons. The first kappa shape index (κ1) is 19.3. The van der Waals surface area contributed by atoms with Gasteiger partial charge in [0.05, 0.1) is 24.1 Å². The minimum atomic E-state index is -0.346. The van der Waals surface area contributed by atoms with Gasteiger partial charge in [0, 0.05) is 25.6 Å². The van der Waals surface area contributed by atoms with Gasteiger partial charge in [0.2, 0.25) is 5.28 Å². The van der Waals surface area contributed by atoms with Gasteiger partial charge in [-0.3, -0.25) is 0 Å². The highest BCUT2D eigenvalue weighted by molar-refractivity contribution is 5.75. The zero-order valence-electron chi connectivity index (χ0n) is 15.7. The van der Waals surface area contributed by atoms with Gasteiger partial charge in [0.25, 0.3) is 0 Å². The monoisotopic (exact) mass is 329 g/mol. The first-order valence-electron chi connectivity index (χ1n) is 7.94. The number of carbonyl (C=O) groups excluding carboxylic acids is 1. The Labute approximate surface area is 139 Å². The number of nitrogens with zero attached hydrogens (tertiary/aromatic N) is 5. The van der Waals surface area contributed by atoms with Crippen molar-refractivity contribution in [1.29, 1.82) is 0 Å². The number of amides is 2. The molecule has 134 valence electrons. The lowest BCUT2D eigenvalue weighted by molar-refractivity contribution is -0.720. The van der Waals surface area contributed by atoms with Gasteiger partial charge in [-0.05, 0) is 41.5 Å². The third kappa shape index (κ3) is 5.14. The molecule has 1 heterocycles. The summed E-state index contributed by atoms with van der Waals surface area (Å²) in [4.78, 5) is 21.6. The van der Waals surface area contributed by atoms with Crippen LogP contribution in [-0.4, -0.2) is 70.2 Å². The number of rotatable bonds is 3. The maximum absolute atomic E-state index is 12.4. The molecular weight excluding hydrogens is 298 g/mol. The van der Waals surface area contributed by atoms with Crippen molar-refractivity contribution in [1.82, 2.24) is 14.8 Å².